The smallest absolute Gasteiger partial charge is 0.153 e. The zero-order valence-corrected chi connectivity index (χ0v) is 14.1. The maximum Gasteiger partial charge on any atom is 0.153 e. The number of benzene rings is 2. The second kappa shape index (κ2) is 6.73. The van der Waals surface area contributed by atoms with Crippen LogP contribution in [0.25, 0.3) is 0 Å². The van der Waals surface area contributed by atoms with Gasteiger partial charge in [-0.3, -0.25) is 0 Å². The predicted octanol–water partition coefficient (Wildman–Crippen LogP) is 3.67. The van der Waals surface area contributed by atoms with E-state index in [4.69, 9.17) is 9.47 Å². The average molecular weight is 311 g/mol. The Labute approximate surface area is 138 Å². The van der Waals surface area contributed by atoms with Gasteiger partial charge >= 0.3 is 0 Å². The first-order chi connectivity index (χ1) is 11.1. The van der Waals surface area contributed by atoms with Crippen molar-refractivity contribution in [2.45, 2.75) is 32.0 Å². The molecular weight excluding hydrogens is 286 g/mol. The first-order valence-electron chi connectivity index (χ1n) is 8.23. The van der Waals surface area contributed by atoms with Crippen LogP contribution >= 0.6 is 0 Å². The van der Waals surface area contributed by atoms with E-state index >= 15 is 0 Å². The number of aryl methyl sites for hydroxylation is 1. The predicted molar refractivity (Wildman–Crippen MR) is 93.0 cm³/mol. The summed E-state index contributed by atoms with van der Waals surface area (Å²) in [5.41, 5.74) is 3.36. The zero-order chi connectivity index (χ0) is 16.3. The fraction of sp³-hybridized carbons (Fsp3) is 0.400. The number of hydrogen-bond acceptors (Lipinski definition) is 3. The van der Waals surface area contributed by atoms with Crippen molar-refractivity contribution in [2.75, 3.05) is 20.2 Å². The molecule has 0 aliphatic heterocycles. The molecule has 0 spiro atoms. The average Bonchev–Trinajstić information content (AvgIpc) is 2.82. The highest BCUT2D eigenvalue weighted by Gasteiger charge is 2.45. The maximum absolute atomic E-state index is 6.43. The fourth-order valence-corrected chi connectivity index (χ4v) is 3.27. The van der Waals surface area contributed by atoms with E-state index in [9.17, 15) is 0 Å². The van der Waals surface area contributed by atoms with Gasteiger partial charge in [0, 0.05) is 13.0 Å². The summed E-state index contributed by atoms with van der Waals surface area (Å²) in [4.78, 5) is 0. The second-order valence-electron chi connectivity index (χ2n) is 6.40. The summed E-state index contributed by atoms with van der Waals surface area (Å²) < 4.78 is 12.7. The SMILES string of the molecule is CNCCO[C@@]1(C)Cc2ccccc2[C@@H]1Oc1ccccc1C. The Balaban J connectivity index is 1.90. The van der Waals surface area contributed by atoms with E-state index in [1.165, 1.54) is 11.1 Å². The van der Waals surface area contributed by atoms with E-state index in [0.717, 1.165) is 24.3 Å². The second-order valence-corrected chi connectivity index (χ2v) is 6.40. The molecule has 122 valence electrons. The van der Waals surface area contributed by atoms with Gasteiger partial charge in [0.15, 0.2) is 6.10 Å². The van der Waals surface area contributed by atoms with E-state index < -0.39 is 0 Å². The van der Waals surface area contributed by atoms with Gasteiger partial charge < -0.3 is 14.8 Å². The molecule has 2 aromatic rings. The summed E-state index contributed by atoms with van der Waals surface area (Å²) in [6.45, 7) is 5.75. The molecule has 0 saturated heterocycles. The molecule has 23 heavy (non-hydrogen) atoms. The van der Waals surface area contributed by atoms with Crippen LogP contribution in [-0.4, -0.2) is 25.8 Å². The van der Waals surface area contributed by atoms with Gasteiger partial charge in [0.25, 0.3) is 0 Å². The molecule has 0 fully saturated rings. The Morgan fingerprint density at radius 2 is 1.87 bits per heavy atom. The van der Waals surface area contributed by atoms with Gasteiger partial charge in [0.1, 0.15) is 11.4 Å². The number of rotatable bonds is 6. The van der Waals surface area contributed by atoms with Crippen molar-refractivity contribution in [3.05, 3.63) is 65.2 Å². The normalized spacial score (nSPS) is 22.8. The molecule has 1 aliphatic carbocycles. The molecule has 1 N–H and O–H groups in total. The van der Waals surface area contributed by atoms with E-state index in [-0.39, 0.29) is 11.7 Å². The monoisotopic (exact) mass is 311 g/mol. The third kappa shape index (κ3) is 3.26. The highest BCUT2D eigenvalue weighted by atomic mass is 16.6. The lowest BCUT2D eigenvalue weighted by atomic mass is 9.99. The lowest BCUT2D eigenvalue weighted by molar-refractivity contribution is -0.0926. The summed E-state index contributed by atoms with van der Waals surface area (Å²) in [7, 11) is 1.94. The van der Waals surface area contributed by atoms with Crippen LogP contribution < -0.4 is 10.1 Å². The van der Waals surface area contributed by atoms with Crippen LogP contribution in [0.5, 0.6) is 5.75 Å². The number of hydrogen-bond donors (Lipinski definition) is 1. The van der Waals surface area contributed by atoms with Gasteiger partial charge in [0.05, 0.1) is 6.61 Å². The van der Waals surface area contributed by atoms with Gasteiger partial charge in [-0.1, -0.05) is 42.5 Å². The van der Waals surface area contributed by atoms with Crippen LogP contribution in [0, 0.1) is 6.92 Å². The van der Waals surface area contributed by atoms with Gasteiger partial charge in [0.2, 0.25) is 0 Å². The number of nitrogens with one attached hydrogen (secondary N) is 1. The molecule has 3 rings (SSSR count). The highest BCUT2D eigenvalue weighted by Crippen LogP contribution is 2.44. The van der Waals surface area contributed by atoms with E-state index in [2.05, 4.69) is 49.5 Å². The lowest BCUT2D eigenvalue weighted by Gasteiger charge is -2.33. The minimum Gasteiger partial charge on any atom is -0.482 e. The topological polar surface area (TPSA) is 30.5 Å². The first-order valence-corrected chi connectivity index (χ1v) is 8.23. The van der Waals surface area contributed by atoms with Gasteiger partial charge in [-0.05, 0) is 43.7 Å². The van der Waals surface area contributed by atoms with Crippen LogP contribution in [0.3, 0.4) is 0 Å². The first kappa shape index (κ1) is 16.0. The third-order valence-corrected chi connectivity index (χ3v) is 4.56. The number of ether oxygens (including phenoxy) is 2. The quantitative estimate of drug-likeness (QED) is 0.826. The van der Waals surface area contributed by atoms with Crippen molar-refractivity contribution >= 4 is 0 Å². The molecule has 0 saturated carbocycles. The van der Waals surface area contributed by atoms with E-state index in [1.807, 2.05) is 25.2 Å². The largest absolute Gasteiger partial charge is 0.482 e. The Morgan fingerprint density at radius 3 is 2.65 bits per heavy atom. The Kier molecular flexibility index (Phi) is 4.69. The summed E-state index contributed by atoms with van der Waals surface area (Å²) in [6.07, 6.45) is 0.792. The molecule has 3 heteroatoms. The molecule has 1 aliphatic rings. The Morgan fingerprint density at radius 1 is 1.13 bits per heavy atom. The van der Waals surface area contributed by atoms with Gasteiger partial charge in [-0.2, -0.15) is 0 Å². The molecule has 0 heterocycles. The number of fused-ring (bicyclic) bond motifs is 1. The maximum atomic E-state index is 6.43. The van der Waals surface area contributed by atoms with Crippen LogP contribution in [0.1, 0.15) is 29.7 Å². The fourth-order valence-electron chi connectivity index (χ4n) is 3.27. The zero-order valence-electron chi connectivity index (χ0n) is 14.1. The van der Waals surface area contributed by atoms with Crippen molar-refractivity contribution < 1.29 is 9.47 Å². The molecule has 0 aromatic heterocycles. The van der Waals surface area contributed by atoms with Crippen molar-refractivity contribution in [3.8, 4) is 5.75 Å². The van der Waals surface area contributed by atoms with E-state index in [0.29, 0.717) is 6.61 Å². The molecule has 0 amide bonds. The summed E-state index contributed by atoms with van der Waals surface area (Å²) in [6, 6.07) is 16.7. The Bertz CT molecular complexity index is 670. The molecule has 0 radical (unpaired) electrons. The van der Waals surface area contributed by atoms with Crippen LogP contribution in [0.4, 0.5) is 0 Å². The van der Waals surface area contributed by atoms with E-state index in [1.54, 1.807) is 0 Å². The minimum absolute atomic E-state index is 0.0864. The van der Waals surface area contributed by atoms with Crippen LogP contribution in [0.15, 0.2) is 48.5 Å². The molecule has 3 nitrogen and oxygen atoms in total. The van der Waals surface area contributed by atoms with Crippen molar-refractivity contribution in [3.63, 3.8) is 0 Å². The van der Waals surface area contributed by atoms with Gasteiger partial charge in [-0.25, -0.2) is 0 Å². The van der Waals surface area contributed by atoms with Crippen LogP contribution in [0.2, 0.25) is 0 Å². The molecule has 2 atom stereocenters. The molecule has 0 bridgehead atoms. The number of likely N-dealkylation sites (N-methyl/N-ethyl adjacent to an activating group) is 1. The van der Waals surface area contributed by atoms with Crippen molar-refractivity contribution in [1.29, 1.82) is 0 Å². The summed E-state index contributed by atoms with van der Waals surface area (Å²) in [5.74, 6) is 0.928. The van der Waals surface area contributed by atoms with Crippen molar-refractivity contribution in [2.24, 2.45) is 0 Å². The highest BCUT2D eigenvalue weighted by molar-refractivity contribution is 5.40. The molecule has 2 aromatic carbocycles. The Hall–Kier alpha value is -1.84. The lowest BCUT2D eigenvalue weighted by Crippen LogP contribution is -2.38. The van der Waals surface area contributed by atoms with Crippen LogP contribution in [-0.2, 0) is 11.2 Å². The third-order valence-electron chi connectivity index (χ3n) is 4.56. The number of para-hydroxylation sites is 1. The standard InChI is InChI=1S/C20H25NO2/c1-15-8-4-7-11-18(15)23-19-17-10-6-5-9-16(17)14-20(19,2)22-13-12-21-3/h4-11,19,21H,12-14H2,1-3H3/t19-,20-/m0/s1. The molecular formula is C20H25NO2. The summed E-state index contributed by atoms with van der Waals surface area (Å²) >= 11 is 0. The minimum atomic E-state index is -0.344. The van der Waals surface area contributed by atoms with Gasteiger partial charge in [-0.15, -0.1) is 0 Å². The molecule has 0 unspecified atom stereocenters. The van der Waals surface area contributed by atoms with Crippen molar-refractivity contribution in [1.82, 2.24) is 5.32 Å². The summed E-state index contributed by atoms with van der Waals surface area (Å²) in [5, 5.41) is 3.14.